The summed E-state index contributed by atoms with van der Waals surface area (Å²) in [7, 11) is 0. The summed E-state index contributed by atoms with van der Waals surface area (Å²) in [5, 5.41) is 17.7. The molecule has 0 bridgehead atoms. The van der Waals surface area contributed by atoms with E-state index in [-0.39, 0.29) is 17.9 Å². The Bertz CT molecular complexity index is 450. The fourth-order valence-electron chi connectivity index (χ4n) is 1.57. The molecule has 0 radical (unpaired) electrons. The van der Waals surface area contributed by atoms with Crippen molar-refractivity contribution in [2.45, 2.75) is 31.6 Å². The number of nitrogens with zero attached hydrogens (tertiary/aromatic N) is 2. The topological polar surface area (TPSA) is 75.5 Å². The van der Waals surface area contributed by atoms with E-state index in [0.29, 0.717) is 0 Å². The number of hydrogen-bond donors (Lipinski definition) is 2. The largest absolute Gasteiger partial charge is 0.422 e. The van der Waals surface area contributed by atoms with Crippen LogP contribution >= 0.6 is 0 Å². The van der Waals surface area contributed by atoms with Crippen LogP contribution in [-0.4, -0.2) is 26.4 Å². The Morgan fingerprint density at radius 1 is 1.47 bits per heavy atom. The van der Waals surface area contributed by atoms with E-state index in [2.05, 4.69) is 9.97 Å². The van der Waals surface area contributed by atoms with Crippen molar-refractivity contribution in [3.63, 3.8) is 0 Å². The Hall–Kier alpha value is -1.25. The fraction of sp³-hybridized carbons (Fsp3) is 0.556. The van der Waals surface area contributed by atoms with Crippen LogP contribution in [0.4, 0.5) is 13.2 Å². The predicted molar refractivity (Wildman–Crippen MR) is 47.4 cm³/mol. The molecule has 2 N–H and O–H groups in total. The molecule has 0 saturated carbocycles. The normalized spacial score (nSPS) is 24.2. The van der Waals surface area contributed by atoms with Gasteiger partial charge in [0.25, 0.3) is 0 Å². The number of fused-ring (bicyclic) bond motifs is 1. The third-order valence-electron chi connectivity index (χ3n) is 2.62. The Kier molecular flexibility index (Phi) is 2.60. The van der Waals surface area contributed by atoms with Gasteiger partial charge >= 0.3 is 6.18 Å². The minimum Gasteiger partial charge on any atom is -0.362 e. The van der Waals surface area contributed by atoms with Gasteiger partial charge in [-0.1, -0.05) is 0 Å². The third-order valence-corrected chi connectivity index (χ3v) is 2.62. The second-order valence-electron chi connectivity index (χ2n) is 3.80. The van der Waals surface area contributed by atoms with E-state index in [0.717, 1.165) is 13.1 Å². The second-order valence-corrected chi connectivity index (χ2v) is 3.80. The van der Waals surface area contributed by atoms with Crippen LogP contribution in [0.5, 0.6) is 0 Å². The second kappa shape index (κ2) is 3.62. The maximum absolute atomic E-state index is 12.8. The van der Waals surface area contributed by atoms with Gasteiger partial charge in [-0.05, 0) is 6.92 Å². The highest BCUT2D eigenvalue weighted by Gasteiger charge is 2.58. The Morgan fingerprint density at radius 2 is 2.12 bits per heavy atom. The molecule has 0 aromatic carbocycles. The monoisotopic (exact) mass is 250 g/mol. The van der Waals surface area contributed by atoms with Crippen molar-refractivity contribution in [3.8, 4) is 0 Å². The highest BCUT2D eigenvalue weighted by atomic mass is 19.4. The summed E-state index contributed by atoms with van der Waals surface area (Å²) in [6.07, 6.45) is -5.54. The van der Waals surface area contributed by atoms with Crippen LogP contribution in [0.1, 0.15) is 30.3 Å². The Balaban J connectivity index is 2.53. The predicted octanol–water partition coefficient (Wildman–Crippen LogP) is 0.767. The highest BCUT2D eigenvalue weighted by Crippen LogP contribution is 2.46. The van der Waals surface area contributed by atoms with Gasteiger partial charge < -0.3 is 14.9 Å². The summed E-state index contributed by atoms with van der Waals surface area (Å²) < 4.78 is 43.3. The SMILES string of the molecule is CC1(C(F)(F)F)OCc2cnc(C(O)O)nc21. The van der Waals surface area contributed by atoms with E-state index in [1.807, 2.05) is 0 Å². The molecule has 94 valence electrons. The molecule has 0 amide bonds. The third kappa shape index (κ3) is 1.78. The van der Waals surface area contributed by atoms with Crippen molar-refractivity contribution >= 4 is 0 Å². The van der Waals surface area contributed by atoms with E-state index < -0.39 is 23.9 Å². The molecule has 1 atom stereocenters. The van der Waals surface area contributed by atoms with Crippen LogP contribution in [0.2, 0.25) is 0 Å². The van der Waals surface area contributed by atoms with Crippen molar-refractivity contribution < 1.29 is 28.1 Å². The van der Waals surface area contributed by atoms with Crippen LogP contribution in [0, 0.1) is 0 Å². The minimum absolute atomic E-state index is 0.189. The standard InChI is InChI=1S/C9H9F3N2O3/c1-8(9(10,11)12)5-4(3-17-8)2-13-6(14-5)7(15)16/h2,7,15-16H,3H2,1H3. The number of aliphatic hydroxyl groups excluding tert-OH is 1. The van der Waals surface area contributed by atoms with E-state index in [4.69, 9.17) is 14.9 Å². The average molecular weight is 250 g/mol. The number of hydrogen-bond acceptors (Lipinski definition) is 5. The number of rotatable bonds is 1. The van der Waals surface area contributed by atoms with Gasteiger partial charge in [0.15, 0.2) is 5.82 Å². The van der Waals surface area contributed by atoms with Gasteiger partial charge in [-0.25, -0.2) is 9.97 Å². The zero-order valence-corrected chi connectivity index (χ0v) is 8.69. The summed E-state index contributed by atoms with van der Waals surface area (Å²) in [4.78, 5) is 7.06. The molecule has 1 aromatic rings. The first-order valence-corrected chi connectivity index (χ1v) is 4.69. The molecular formula is C9H9F3N2O3. The quantitative estimate of drug-likeness (QED) is 0.720. The Morgan fingerprint density at radius 3 is 2.65 bits per heavy atom. The summed E-state index contributed by atoms with van der Waals surface area (Å²) in [5.41, 5.74) is -2.72. The smallest absolute Gasteiger partial charge is 0.362 e. The molecule has 1 aromatic heterocycles. The van der Waals surface area contributed by atoms with E-state index in [9.17, 15) is 13.2 Å². The first kappa shape index (κ1) is 12.2. The molecule has 1 unspecified atom stereocenters. The van der Waals surface area contributed by atoms with E-state index in [1.165, 1.54) is 0 Å². The average Bonchev–Trinajstić information content (AvgIpc) is 2.56. The van der Waals surface area contributed by atoms with Crippen molar-refractivity contribution in [2.75, 3.05) is 0 Å². The van der Waals surface area contributed by atoms with Gasteiger partial charge in [-0.3, -0.25) is 0 Å². The maximum atomic E-state index is 12.8. The number of halogens is 3. The molecule has 1 aliphatic rings. The lowest BCUT2D eigenvalue weighted by atomic mass is 10.0. The molecule has 0 saturated heterocycles. The molecule has 1 aliphatic heterocycles. The zero-order chi connectivity index (χ0) is 12.8. The Labute approximate surface area is 93.9 Å². The molecule has 2 heterocycles. The number of alkyl halides is 3. The molecule has 0 aliphatic carbocycles. The lowest BCUT2D eigenvalue weighted by molar-refractivity contribution is -0.273. The van der Waals surface area contributed by atoms with Crippen molar-refractivity contribution in [2.24, 2.45) is 0 Å². The van der Waals surface area contributed by atoms with Crippen LogP contribution in [-0.2, 0) is 16.9 Å². The van der Waals surface area contributed by atoms with Gasteiger partial charge in [0, 0.05) is 11.8 Å². The van der Waals surface area contributed by atoms with Crippen LogP contribution in [0.25, 0.3) is 0 Å². The summed E-state index contributed by atoms with van der Waals surface area (Å²) in [6.45, 7) is 0.590. The maximum Gasteiger partial charge on any atom is 0.422 e. The molecule has 0 fully saturated rings. The first-order valence-electron chi connectivity index (χ1n) is 4.69. The van der Waals surface area contributed by atoms with E-state index in [1.54, 1.807) is 0 Å². The number of aromatic nitrogens is 2. The lowest BCUT2D eigenvalue weighted by Gasteiger charge is -2.26. The summed E-state index contributed by atoms with van der Waals surface area (Å²) in [5.74, 6) is -0.482. The van der Waals surface area contributed by atoms with Gasteiger partial charge in [0.05, 0.1) is 12.3 Å². The van der Waals surface area contributed by atoms with Gasteiger partial charge in [-0.15, -0.1) is 0 Å². The molecular weight excluding hydrogens is 241 g/mol. The first-order chi connectivity index (χ1) is 7.75. The van der Waals surface area contributed by atoms with E-state index >= 15 is 0 Å². The van der Waals surface area contributed by atoms with Gasteiger partial charge in [0.1, 0.15) is 0 Å². The van der Waals surface area contributed by atoms with Crippen molar-refractivity contribution in [3.05, 3.63) is 23.3 Å². The number of aliphatic hydroxyl groups is 2. The lowest BCUT2D eigenvalue weighted by Crippen LogP contribution is -2.40. The molecule has 0 spiro atoms. The summed E-state index contributed by atoms with van der Waals surface area (Å²) in [6, 6.07) is 0. The van der Waals surface area contributed by atoms with Gasteiger partial charge in [0.2, 0.25) is 11.9 Å². The van der Waals surface area contributed by atoms with Crippen LogP contribution in [0.15, 0.2) is 6.20 Å². The van der Waals surface area contributed by atoms with Crippen LogP contribution in [0.3, 0.4) is 0 Å². The summed E-state index contributed by atoms with van der Waals surface area (Å²) >= 11 is 0. The minimum atomic E-state index is -4.63. The number of ether oxygens (including phenoxy) is 1. The van der Waals surface area contributed by atoms with Crippen LogP contribution < -0.4 is 0 Å². The van der Waals surface area contributed by atoms with Crippen molar-refractivity contribution in [1.82, 2.24) is 9.97 Å². The molecule has 17 heavy (non-hydrogen) atoms. The van der Waals surface area contributed by atoms with Crippen molar-refractivity contribution in [1.29, 1.82) is 0 Å². The highest BCUT2D eigenvalue weighted by molar-refractivity contribution is 5.28. The molecule has 8 heteroatoms. The molecule has 2 rings (SSSR count). The fourth-order valence-corrected chi connectivity index (χ4v) is 1.57. The van der Waals surface area contributed by atoms with Gasteiger partial charge in [-0.2, -0.15) is 13.2 Å². The molecule has 5 nitrogen and oxygen atoms in total. The zero-order valence-electron chi connectivity index (χ0n) is 8.69.